The van der Waals surface area contributed by atoms with E-state index in [1.165, 1.54) is 5.56 Å². The standard InChI is InChI=1S/C31H30N6O2/c1-19-16-22(27(32)38)10-13-25(19)35-28-29-33-14-15-37(29)18-26(36-28)21-6-5-7-24(17-21)34-30(39)20-8-11-23(12-9-20)31(2,3)4/h5-18H,1-4H3,(H2,32,38)(H,34,39)(H,35,36). The molecule has 0 unspecified atom stereocenters. The summed E-state index contributed by atoms with van der Waals surface area (Å²) in [5.74, 6) is -0.0991. The lowest BCUT2D eigenvalue weighted by Gasteiger charge is -2.19. The van der Waals surface area contributed by atoms with Gasteiger partial charge in [-0.15, -0.1) is 0 Å². The molecule has 0 spiro atoms. The smallest absolute Gasteiger partial charge is 0.255 e. The minimum absolute atomic E-state index is 0.0199. The minimum Gasteiger partial charge on any atom is -0.366 e. The van der Waals surface area contributed by atoms with Crippen molar-refractivity contribution in [3.63, 3.8) is 0 Å². The van der Waals surface area contributed by atoms with Crippen LogP contribution in [-0.4, -0.2) is 26.2 Å². The number of aromatic nitrogens is 3. The second kappa shape index (κ2) is 10.1. The maximum atomic E-state index is 12.9. The first-order valence-corrected chi connectivity index (χ1v) is 12.6. The Morgan fingerprint density at radius 3 is 2.38 bits per heavy atom. The van der Waals surface area contributed by atoms with Gasteiger partial charge in [-0.25, -0.2) is 9.97 Å². The van der Waals surface area contributed by atoms with Crippen LogP contribution >= 0.6 is 0 Å². The van der Waals surface area contributed by atoms with Crippen molar-refractivity contribution in [2.24, 2.45) is 5.73 Å². The van der Waals surface area contributed by atoms with Gasteiger partial charge in [-0.05, 0) is 65.9 Å². The summed E-state index contributed by atoms with van der Waals surface area (Å²) in [4.78, 5) is 33.8. The molecule has 5 rings (SSSR count). The van der Waals surface area contributed by atoms with Gasteiger partial charge in [-0.1, -0.05) is 45.0 Å². The zero-order valence-corrected chi connectivity index (χ0v) is 22.3. The highest BCUT2D eigenvalue weighted by Crippen LogP contribution is 2.28. The van der Waals surface area contributed by atoms with Crippen molar-refractivity contribution in [3.05, 3.63) is 108 Å². The number of rotatable bonds is 6. The van der Waals surface area contributed by atoms with Crippen LogP contribution in [-0.2, 0) is 5.41 Å². The monoisotopic (exact) mass is 518 g/mol. The Balaban J connectivity index is 1.42. The minimum atomic E-state index is -0.477. The molecule has 8 heteroatoms. The van der Waals surface area contributed by atoms with Crippen LogP contribution in [0.25, 0.3) is 16.9 Å². The van der Waals surface area contributed by atoms with E-state index in [0.29, 0.717) is 34.0 Å². The number of imidazole rings is 1. The fourth-order valence-electron chi connectivity index (χ4n) is 4.32. The van der Waals surface area contributed by atoms with Gasteiger partial charge in [0, 0.05) is 46.7 Å². The summed E-state index contributed by atoms with van der Waals surface area (Å²) >= 11 is 0. The number of nitrogens with two attached hydrogens (primary N) is 1. The van der Waals surface area contributed by atoms with E-state index in [1.807, 2.05) is 72.2 Å². The third-order valence-corrected chi connectivity index (χ3v) is 6.57. The lowest BCUT2D eigenvalue weighted by Crippen LogP contribution is -2.14. The van der Waals surface area contributed by atoms with Gasteiger partial charge in [0.2, 0.25) is 5.91 Å². The first kappa shape index (κ1) is 25.7. The molecular formula is C31H30N6O2. The highest BCUT2D eigenvalue weighted by molar-refractivity contribution is 6.04. The first-order chi connectivity index (χ1) is 18.6. The fraction of sp³-hybridized carbons (Fsp3) is 0.161. The molecule has 0 fully saturated rings. The van der Waals surface area contributed by atoms with E-state index in [0.717, 1.165) is 16.8 Å². The molecule has 0 saturated carbocycles. The Morgan fingerprint density at radius 1 is 0.949 bits per heavy atom. The molecule has 39 heavy (non-hydrogen) atoms. The largest absolute Gasteiger partial charge is 0.366 e. The van der Waals surface area contributed by atoms with Gasteiger partial charge in [0.05, 0.1) is 5.69 Å². The quantitative estimate of drug-likeness (QED) is 0.251. The number of fused-ring (bicyclic) bond motifs is 1. The van der Waals surface area contributed by atoms with E-state index in [2.05, 4.69) is 36.4 Å². The van der Waals surface area contributed by atoms with Gasteiger partial charge >= 0.3 is 0 Å². The van der Waals surface area contributed by atoms with Gasteiger partial charge in [0.25, 0.3) is 5.91 Å². The predicted octanol–water partition coefficient (Wildman–Crippen LogP) is 6.10. The Bertz CT molecular complexity index is 1700. The average Bonchev–Trinajstić information content (AvgIpc) is 3.38. The highest BCUT2D eigenvalue weighted by Gasteiger charge is 2.15. The van der Waals surface area contributed by atoms with Crippen LogP contribution in [0, 0.1) is 6.92 Å². The Hall–Kier alpha value is -4.98. The van der Waals surface area contributed by atoms with Crippen molar-refractivity contribution in [2.45, 2.75) is 33.1 Å². The average molecular weight is 519 g/mol. The number of nitrogens with one attached hydrogen (secondary N) is 2. The number of hydrogen-bond acceptors (Lipinski definition) is 5. The fourth-order valence-corrected chi connectivity index (χ4v) is 4.32. The van der Waals surface area contributed by atoms with Gasteiger partial charge in [-0.3, -0.25) is 9.59 Å². The highest BCUT2D eigenvalue weighted by atomic mass is 16.2. The molecule has 5 aromatic rings. The van der Waals surface area contributed by atoms with Crippen molar-refractivity contribution in [3.8, 4) is 11.3 Å². The number of amides is 2. The Kier molecular flexibility index (Phi) is 6.62. The topological polar surface area (TPSA) is 114 Å². The molecule has 2 heterocycles. The summed E-state index contributed by atoms with van der Waals surface area (Å²) in [7, 11) is 0. The second-order valence-electron chi connectivity index (χ2n) is 10.5. The zero-order chi connectivity index (χ0) is 27.7. The number of aryl methyl sites for hydroxylation is 1. The van der Waals surface area contributed by atoms with E-state index >= 15 is 0 Å². The molecule has 3 aromatic carbocycles. The summed E-state index contributed by atoms with van der Waals surface area (Å²) in [5.41, 5.74) is 12.1. The third-order valence-electron chi connectivity index (χ3n) is 6.57. The molecule has 2 amide bonds. The molecule has 8 nitrogen and oxygen atoms in total. The lowest BCUT2D eigenvalue weighted by atomic mass is 9.87. The maximum absolute atomic E-state index is 12.9. The van der Waals surface area contributed by atoms with E-state index in [9.17, 15) is 9.59 Å². The van der Waals surface area contributed by atoms with Gasteiger partial charge in [0.1, 0.15) is 0 Å². The Morgan fingerprint density at radius 2 is 1.69 bits per heavy atom. The molecule has 0 radical (unpaired) electrons. The van der Waals surface area contributed by atoms with Crippen LogP contribution in [0.1, 0.15) is 52.6 Å². The van der Waals surface area contributed by atoms with E-state index in [-0.39, 0.29) is 11.3 Å². The van der Waals surface area contributed by atoms with Gasteiger partial charge in [0.15, 0.2) is 11.5 Å². The molecule has 0 saturated heterocycles. The van der Waals surface area contributed by atoms with Crippen LogP contribution in [0.3, 0.4) is 0 Å². The van der Waals surface area contributed by atoms with Gasteiger partial charge in [-0.2, -0.15) is 0 Å². The van der Waals surface area contributed by atoms with E-state index in [4.69, 9.17) is 10.7 Å². The molecular weight excluding hydrogens is 488 g/mol. The summed E-state index contributed by atoms with van der Waals surface area (Å²) in [6.07, 6.45) is 5.45. The van der Waals surface area contributed by atoms with Crippen LogP contribution in [0.5, 0.6) is 0 Å². The van der Waals surface area contributed by atoms with Crippen molar-refractivity contribution >= 4 is 34.7 Å². The summed E-state index contributed by atoms with van der Waals surface area (Å²) in [5, 5.41) is 6.34. The van der Waals surface area contributed by atoms with Crippen molar-refractivity contribution < 1.29 is 9.59 Å². The molecule has 0 bridgehead atoms. The number of benzene rings is 3. The summed E-state index contributed by atoms with van der Waals surface area (Å²) < 4.78 is 1.89. The molecule has 0 atom stereocenters. The molecule has 2 aromatic heterocycles. The molecule has 0 aliphatic carbocycles. The zero-order valence-electron chi connectivity index (χ0n) is 22.3. The molecule has 0 aliphatic rings. The van der Waals surface area contributed by atoms with Gasteiger partial charge < -0.3 is 20.8 Å². The van der Waals surface area contributed by atoms with Crippen molar-refractivity contribution in [1.82, 2.24) is 14.4 Å². The molecule has 4 N–H and O–H groups in total. The van der Waals surface area contributed by atoms with Crippen LogP contribution in [0.15, 0.2) is 85.3 Å². The number of carbonyl (C=O) groups excluding carboxylic acids is 2. The third kappa shape index (κ3) is 5.50. The van der Waals surface area contributed by atoms with Crippen LogP contribution in [0.2, 0.25) is 0 Å². The molecule has 196 valence electrons. The van der Waals surface area contributed by atoms with Crippen LogP contribution in [0.4, 0.5) is 17.2 Å². The number of primary amides is 1. The van der Waals surface area contributed by atoms with E-state index in [1.54, 1.807) is 24.4 Å². The number of hydrogen-bond donors (Lipinski definition) is 3. The normalized spacial score (nSPS) is 11.4. The van der Waals surface area contributed by atoms with E-state index < -0.39 is 5.91 Å². The summed E-state index contributed by atoms with van der Waals surface area (Å²) in [6, 6.07) is 20.5. The second-order valence-corrected chi connectivity index (χ2v) is 10.5. The molecule has 0 aliphatic heterocycles. The maximum Gasteiger partial charge on any atom is 0.255 e. The number of nitrogens with zero attached hydrogens (tertiary/aromatic N) is 3. The number of carbonyl (C=O) groups is 2. The van der Waals surface area contributed by atoms with Crippen molar-refractivity contribution in [2.75, 3.05) is 10.6 Å². The SMILES string of the molecule is Cc1cc(C(N)=O)ccc1Nc1nc(-c2cccc(NC(=O)c3ccc(C(C)(C)C)cc3)c2)cn2ccnc12. The predicted molar refractivity (Wildman–Crippen MR) is 154 cm³/mol. The van der Waals surface area contributed by atoms with Crippen molar-refractivity contribution in [1.29, 1.82) is 0 Å². The van der Waals surface area contributed by atoms with Crippen LogP contribution < -0.4 is 16.4 Å². The number of anilines is 3. The first-order valence-electron chi connectivity index (χ1n) is 12.6. The summed E-state index contributed by atoms with van der Waals surface area (Å²) in [6.45, 7) is 8.32. The lowest BCUT2D eigenvalue weighted by molar-refractivity contribution is 0.0997. The Labute approximate surface area is 226 Å².